The zero-order valence-electron chi connectivity index (χ0n) is 10.8. The third-order valence-electron chi connectivity index (χ3n) is 3.37. The topological polar surface area (TPSA) is 22.0 Å². The van der Waals surface area contributed by atoms with E-state index in [1.165, 1.54) is 5.56 Å². The number of nitrogens with zero attached hydrogens (tertiary/aromatic N) is 1. The van der Waals surface area contributed by atoms with Gasteiger partial charge in [0.15, 0.2) is 6.29 Å². The lowest BCUT2D eigenvalue weighted by Crippen LogP contribution is -2.10. The van der Waals surface area contributed by atoms with Crippen LogP contribution in [-0.2, 0) is 0 Å². The van der Waals surface area contributed by atoms with Crippen LogP contribution < -0.4 is 0 Å². The van der Waals surface area contributed by atoms with Crippen LogP contribution in [0.3, 0.4) is 0 Å². The summed E-state index contributed by atoms with van der Waals surface area (Å²) < 4.78 is 3.27. The third-order valence-corrected chi connectivity index (χ3v) is 3.86. The fourth-order valence-corrected chi connectivity index (χ4v) is 2.85. The van der Waals surface area contributed by atoms with Crippen molar-refractivity contribution < 1.29 is 4.79 Å². The van der Waals surface area contributed by atoms with Gasteiger partial charge in [-0.1, -0.05) is 28.1 Å². The molecule has 2 nitrogen and oxygen atoms in total. The monoisotopic (exact) mass is 305 g/mol. The second-order valence-corrected chi connectivity index (χ2v) is 5.46. The average Bonchev–Trinajstić information content (AvgIpc) is 2.63. The molecule has 0 aliphatic rings. The van der Waals surface area contributed by atoms with E-state index in [0.717, 1.165) is 27.7 Å². The Kier molecular flexibility index (Phi) is 3.71. The van der Waals surface area contributed by atoms with Crippen molar-refractivity contribution >= 4 is 22.2 Å². The van der Waals surface area contributed by atoms with Gasteiger partial charge in [0, 0.05) is 21.4 Å². The predicted octanol–water partition coefficient (Wildman–Crippen LogP) is 4.29. The van der Waals surface area contributed by atoms with Crippen molar-refractivity contribution in [3.63, 3.8) is 0 Å². The Bertz CT molecular complexity index is 586. The molecule has 2 aromatic rings. The quantitative estimate of drug-likeness (QED) is 0.775. The van der Waals surface area contributed by atoms with Crippen molar-refractivity contribution in [2.75, 3.05) is 0 Å². The van der Waals surface area contributed by atoms with Crippen LogP contribution in [0.1, 0.15) is 40.3 Å². The number of hydrogen-bond acceptors (Lipinski definition) is 1. The fourth-order valence-electron chi connectivity index (χ4n) is 2.43. The molecular weight excluding hydrogens is 290 g/mol. The number of benzene rings is 1. The summed E-state index contributed by atoms with van der Waals surface area (Å²) in [6, 6.07) is 10.4. The first-order valence-corrected chi connectivity index (χ1v) is 6.73. The maximum atomic E-state index is 11.0. The molecule has 3 heteroatoms. The summed E-state index contributed by atoms with van der Waals surface area (Å²) in [6.45, 7) is 6.18. The first kappa shape index (κ1) is 13.1. The van der Waals surface area contributed by atoms with Crippen LogP contribution in [0.25, 0.3) is 0 Å². The van der Waals surface area contributed by atoms with E-state index < -0.39 is 0 Å². The number of halogens is 1. The van der Waals surface area contributed by atoms with Gasteiger partial charge >= 0.3 is 0 Å². The molecule has 1 unspecified atom stereocenters. The predicted molar refractivity (Wildman–Crippen MR) is 77.2 cm³/mol. The lowest BCUT2D eigenvalue weighted by Gasteiger charge is -2.19. The molecule has 0 spiro atoms. The van der Waals surface area contributed by atoms with Gasteiger partial charge in [0.05, 0.1) is 6.04 Å². The molecule has 0 bridgehead atoms. The van der Waals surface area contributed by atoms with Gasteiger partial charge in [0.2, 0.25) is 0 Å². The SMILES string of the molecule is Cc1cc(C=O)c(C)n1C(C)c1cccc(Br)c1. The van der Waals surface area contributed by atoms with Gasteiger partial charge in [-0.25, -0.2) is 0 Å². The van der Waals surface area contributed by atoms with Gasteiger partial charge in [-0.3, -0.25) is 4.79 Å². The molecule has 18 heavy (non-hydrogen) atoms. The Hall–Kier alpha value is -1.35. The van der Waals surface area contributed by atoms with Crippen molar-refractivity contribution in [1.29, 1.82) is 0 Å². The fraction of sp³-hybridized carbons (Fsp3) is 0.267. The largest absolute Gasteiger partial charge is 0.341 e. The van der Waals surface area contributed by atoms with E-state index in [9.17, 15) is 4.79 Å². The third kappa shape index (κ3) is 2.27. The summed E-state index contributed by atoms with van der Waals surface area (Å²) in [7, 11) is 0. The molecule has 1 aromatic heterocycles. The molecule has 0 N–H and O–H groups in total. The van der Waals surface area contributed by atoms with Gasteiger partial charge in [0.1, 0.15) is 0 Å². The summed E-state index contributed by atoms with van der Waals surface area (Å²) >= 11 is 3.49. The number of aromatic nitrogens is 1. The number of rotatable bonds is 3. The van der Waals surface area contributed by atoms with E-state index >= 15 is 0 Å². The maximum Gasteiger partial charge on any atom is 0.151 e. The minimum Gasteiger partial charge on any atom is -0.341 e. The highest BCUT2D eigenvalue weighted by Crippen LogP contribution is 2.26. The van der Waals surface area contributed by atoms with Gasteiger partial charge < -0.3 is 4.57 Å². The summed E-state index contributed by atoms with van der Waals surface area (Å²) in [6.07, 6.45) is 0.923. The summed E-state index contributed by atoms with van der Waals surface area (Å²) in [5.74, 6) is 0. The van der Waals surface area contributed by atoms with Gasteiger partial charge in [0.25, 0.3) is 0 Å². The molecule has 0 amide bonds. The van der Waals surface area contributed by atoms with E-state index in [4.69, 9.17) is 0 Å². The van der Waals surface area contributed by atoms with Gasteiger partial charge in [-0.05, 0) is 44.5 Å². The molecular formula is C15H16BrNO. The lowest BCUT2D eigenvalue weighted by molar-refractivity contribution is 0.112. The molecule has 1 aromatic carbocycles. The molecule has 2 rings (SSSR count). The highest BCUT2D eigenvalue weighted by Gasteiger charge is 2.15. The van der Waals surface area contributed by atoms with Crippen LogP contribution in [-0.4, -0.2) is 10.9 Å². The van der Waals surface area contributed by atoms with Crippen LogP contribution >= 0.6 is 15.9 Å². The van der Waals surface area contributed by atoms with Crippen LogP contribution in [0.2, 0.25) is 0 Å². The number of hydrogen-bond donors (Lipinski definition) is 0. The molecule has 0 radical (unpaired) electrons. The Morgan fingerprint density at radius 2 is 2.00 bits per heavy atom. The highest BCUT2D eigenvalue weighted by atomic mass is 79.9. The zero-order valence-corrected chi connectivity index (χ0v) is 12.4. The van der Waals surface area contributed by atoms with Crippen LogP contribution in [0.4, 0.5) is 0 Å². The van der Waals surface area contributed by atoms with Crippen molar-refractivity contribution in [2.24, 2.45) is 0 Å². The van der Waals surface area contributed by atoms with Gasteiger partial charge in [-0.15, -0.1) is 0 Å². The first-order valence-electron chi connectivity index (χ1n) is 5.93. The number of aldehydes is 1. The van der Waals surface area contributed by atoms with Crippen LogP contribution in [0.15, 0.2) is 34.8 Å². The molecule has 1 heterocycles. The van der Waals surface area contributed by atoms with Crippen molar-refractivity contribution in [1.82, 2.24) is 4.57 Å². The average molecular weight is 306 g/mol. The molecule has 1 atom stereocenters. The van der Waals surface area contributed by atoms with E-state index in [-0.39, 0.29) is 6.04 Å². The van der Waals surface area contributed by atoms with E-state index in [1.807, 2.05) is 32.0 Å². The minimum atomic E-state index is 0.219. The Morgan fingerprint density at radius 3 is 2.56 bits per heavy atom. The van der Waals surface area contributed by atoms with E-state index in [2.05, 4.69) is 39.6 Å². The molecule has 0 fully saturated rings. The highest BCUT2D eigenvalue weighted by molar-refractivity contribution is 9.10. The van der Waals surface area contributed by atoms with Gasteiger partial charge in [-0.2, -0.15) is 0 Å². The summed E-state index contributed by atoms with van der Waals surface area (Å²) in [5, 5.41) is 0. The number of aryl methyl sites for hydroxylation is 1. The van der Waals surface area contributed by atoms with Crippen molar-refractivity contribution in [3.05, 3.63) is 57.3 Å². The molecule has 0 aliphatic carbocycles. The van der Waals surface area contributed by atoms with E-state index in [1.54, 1.807) is 0 Å². The molecule has 94 valence electrons. The van der Waals surface area contributed by atoms with Crippen molar-refractivity contribution in [2.45, 2.75) is 26.8 Å². The zero-order chi connectivity index (χ0) is 13.3. The second kappa shape index (κ2) is 5.11. The maximum absolute atomic E-state index is 11.0. The number of carbonyl (C=O) groups excluding carboxylic acids is 1. The molecule has 0 saturated heterocycles. The summed E-state index contributed by atoms with van der Waals surface area (Å²) in [4.78, 5) is 11.0. The molecule has 0 aliphatic heterocycles. The summed E-state index contributed by atoms with van der Waals surface area (Å²) in [5.41, 5.74) is 4.13. The van der Waals surface area contributed by atoms with Crippen LogP contribution in [0.5, 0.6) is 0 Å². The Labute approximate surface area is 116 Å². The minimum absolute atomic E-state index is 0.219. The lowest BCUT2D eigenvalue weighted by atomic mass is 10.1. The smallest absolute Gasteiger partial charge is 0.151 e. The number of carbonyl (C=O) groups is 1. The standard InChI is InChI=1S/C15H16BrNO/c1-10-7-14(9-18)12(3)17(10)11(2)13-5-4-6-15(16)8-13/h4-9,11H,1-3H3. The first-order chi connectivity index (χ1) is 8.54. The Morgan fingerprint density at radius 1 is 1.28 bits per heavy atom. The Balaban J connectivity index is 2.49. The van der Waals surface area contributed by atoms with E-state index in [0.29, 0.717) is 0 Å². The van der Waals surface area contributed by atoms with Crippen LogP contribution in [0, 0.1) is 13.8 Å². The van der Waals surface area contributed by atoms with Crippen molar-refractivity contribution in [3.8, 4) is 0 Å². The normalized spacial score (nSPS) is 12.4. The molecule has 0 saturated carbocycles. The second-order valence-electron chi connectivity index (χ2n) is 4.55.